The molecule has 188 valence electrons. The lowest BCUT2D eigenvalue weighted by Gasteiger charge is -2.24. The Morgan fingerprint density at radius 2 is 1.94 bits per heavy atom. The molecule has 0 atom stereocenters. The first kappa shape index (κ1) is 24.5. The number of benzene rings is 2. The van der Waals surface area contributed by atoms with Crippen molar-refractivity contribution in [2.45, 2.75) is 32.7 Å². The van der Waals surface area contributed by atoms with Crippen molar-refractivity contribution < 1.29 is 9.53 Å². The molecule has 36 heavy (non-hydrogen) atoms. The second-order valence-electron chi connectivity index (χ2n) is 9.27. The molecule has 1 aliphatic rings. The molecule has 4 aromatic rings. The zero-order chi connectivity index (χ0) is 25.2. The lowest BCUT2D eigenvalue weighted by atomic mass is 9.94. The van der Waals surface area contributed by atoms with Crippen molar-refractivity contribution in [1.82, 2.24) is 30.6 Å². The SMILES string of the molecule is COCCNC(=O)c1ccc(-c2nn(C3CCNCC3)c(C)c2-c2c(Cl)c(C)cc3[nH]ncc23)cc1. The zero-order valence-corrected chi connectivity index (χ0v) is 21.6. The van der Waals surface area contributed by atoms with Crippen LogP contribution in [0.15, 0.2) is 36.5 Å². The van der Waals surface area contributed by atoms with Gasteiger partial charge in [-0.1, -0.05) is 23.7 Å². The number of aryl methyl sites for hydroxylation is 1. The fourth-order valence-corrected chi connectivity index (χ4v) is 5.27. The normalized spacial score (nSPS) is 14.4. The summed E-state index contributed by atoms with van der Waals surface area (Å²) in [6.07, 6.45) is 3.86. The second kappa shape index (κ2) is 10.4. The number of halogens is 1. The van der Waals surface area contributed by atoms with Crippen LogP contribution in [0.5, 0.6) is 0 Å². The highest BCUT2D eigenvalue weighted by Crippen LogP contribution is 2.44. The summed E-state index contributed by atoms with van der Waals surface area (Å²) in [7, 11) is 1.61. The molecule has 5 rings (SSSR count). The Morgan fingerprint density at radius 3 is 2.67 bits per heavy atom. The number of fused-ring (bicyclic) bond motifs is 1. The third-order valence-electron chi connectivity index (χ3n) is 6.93. The number of hydrogen-bond donors (Lipinski definition) is 3. The summed E-state index contributed by atoms with van der Waals surface area (Å²) in [5.74, 6) is -0.128. The third kappa shape index (κ3) is 4.52. The molecule has 1 aliphatic heterocycles. The molecule has 0 unspecified atom stereocenters. The molecule has 3 heterocycles. The van der Waals surface area contributed by atoms with Crippen LogP contribution in [0.4, 0.5) is 0 Å². The van der Waals surface area contributed by atoms with Gasteiger partial charge in [0, 0.05) is 47.0 Å². The number of carbonyl (C=O) groups excluding carboxylic acids is 1. The first-order valence-corrected chi connectivity index (χ1v) is 12.7. The van der Waals surface area contributed by atoms with Gasteiger partial charge in [-0.25, -0.2) is 0 Å². The van der Waals surface area contributed by atoms with Crippen LogP contribution in [0.3, 0.4) is 0 Å². The Morgan fingerprint density at radius 1 is 1.19 bits per heavy atom. The smallest absolute Gasteiger partial charge is 0.251 e. The lowest BCUT2D eigenvalue weighted by Crippen LogP contribution is -2.30. The van der Waals surface area contributed by atoms with Gasteiger partial charge >= 0.3 is 0 Å². The number of amides is 1. The van der Waals surface area contributed by atoms with Crippen LogP contribution in [-0.4, -0.2) is 59.2 Å². The van der Waals surface area contributed by atoms with Crippen LogP contribution in [0, 0.1) is 13.8 Å². The second-order valence-corrected chi connectivity index (χ2v) is 9.65. The van der Waals surface area contributed by atoms with Crippen molar-refractivity contribution in [3.05, 3.63) is 58.4 Å². The standard InChI is InChI=1S/C27H31ClN6O2/c1-16-14-22-21(15-31-32-22)24(25(16)28)23-17(2)34(20-8-10-29-11-9-20)33-26(23)18-4-6-19(7-5-18)27(35)30-12-13-36-3/h4-7,14-15,20,29H,8-13H2,1-3H3,(H,30,35)(H,31,32). The van der Waals surface area contributed by atoms with E-state index < -0.39 is 0 Å². The summed E-state index contributed by atoms with van der Waals surface area (Å²) in [4.78, 5) is 12.5. The molecule has 9 heteroatoms. The number of nitrogens with one attached hydrogen (secondary N) is 3. The van der Waals surface area contributed by atoms with E-state index in [9.17, 15) is 4.79 Å². The predicted molar refractivity (Wildman–Crippen MR) is 143 cm³/mol. The maximum atomic E-state index is 12.5. The van der Waals surface area contributed by atoms with Crippen LogP contribution in [-0.2, 0) is 4.74 Å². The van der Waals surface area contributed by atoms with Crippen LogP contribution >= 0.6 is 11.6 Å². The highest BCUT2D eigenvalue weighted by Gasteiger charge is 2.27. The Hall–Kier alpha value is -3.20. The van der Waals surface area contributed by atoms with Crippen molar-refractivity contribution in [3.63, 3.8) is 0 Å². The van der Waals surface area contributed by atoms with E-state index in [0.717, 1.165) is 70.5 Å². The highest BCUT2D eigenvalue weighted by molar-refractivity contribution is 6.36. The number of methoxy groups -OCH3 is 1. The summed E-state index contributed by atoms with van der Waals surface area (Å²) in [5, 5.41) is 20.5. The number of H-pyrrole nitrogens is 1. The predicted octanol–water partition coefficient (Wildman–Crippen LogP) is 4.66. The third-order valence-corrected chi connectivity index (χ3v) is 7.42. The van der Waals surface area contributed by atoms with Gasteiger partial charge in [-0.3, -0.25) is 14.6 Å². The van der Waals surface area contributed by atoms with Crippen molar-refractivity contribution >= 4 is 28.4 Å². The average molecular weight is 507 g/mol. The molecule has 0 spiro atoms. The van der Waals surface area contributed by atoms with Crippen LogP contribution in [0.2, 0.25) is 5.02 Å². The maximum Gasteiger partial charge on any atom is 0.251 e. The molecular formula is C27H31ClN6O2. The molecule has 1 fully saturated rings. The monoisotopic (exact) mass is 506 g/mol. The van der Waals surface area contributed by atoms with Gasteiger partial charge in [0.05, 0.1) is 29.4 Å². The van der Waals surface area contributed by atoms with Gasteiger partial charge in [-0.15, -0.1) is 0 Å². The van der Waals surface area contributed by atoms with E-state index in [1.807, 2.05) is 43.5 Å². The Bertz CT molecular complexity index is 1390. The summed E-state index contributed by atoms with van der Waals surface area (Å²) in [5.41, 5.74) is 7.32. The van der Waals surface area contributed by atoms with Gasteiger partial charge < -0.3 is 15.4 Å². The minimum Gasteiger partial charge on any atom is -0.383 e. The fraction of sp³-hybridized carbons (Fsp3) is 0.370. The van der Waals surface area contributed by atoms with Crippen molar-refractivity contribution in [3.8, 4) is 22.4 Å². The van der Waals surface area contributed by atoms with E-state index in [-0.39, 0.29) is 5.91 Å². The van der Waals surface area contributed by atoms with E-state index in [1.165, 1.54) is 0 Å². The van der Waals surface area contributed by atoms with E-state index in [2.05, 4.69) is 32.4 Å². The number of rotatable bonds is 7. The molecule has 0 aliphatic carbocycles. The van der Waals surface area contributed by atoms with Crippen molar-refractivity contribution in [2.24, 2.45) is 0 Å². The van der Waals surface area contributed by atoms with Crippen LogP contribution in [0.1, 0.15) is 40.5 Å². The zero-order valence-electron chi connectivity index (χ0n) is 20.8. The topological polar surface area (TPSA) is 96.9 Å². The number of aromatic nitrogens is 4. The molecule has 1 amide bonds. The molecule has 1 saturated heterocycles. The number of hydrogen-bond acceptors (Lipinski definition) is 5. The van der Waals surface area contributed by atoms with Gasteiger partial charge in [-0.05, 0) is 63.5 Å². The highest BCUT2D eigenvalue weighted by atomic mass is 35.5. The molecule has 8 nitrogen and oxygen atoms in total. The number of nitrogens with zero attached hydrogens (tertiary/aromatic N) is 3. The van der Waals surface area contributed by atoms with E-state index in [0.29, 0.717) is 29.8 Å². The summed E-state index contributed by atoms with van der Waals surface area (Å²) in [6.45, 7) is 7.01. The first-order valence-electron chi connectivity index (χ1n) is 12.3. The van der Waals surface area contributed by atoms with Crippen molar-refractivity contribution in [1.29, 1.82) is 0 Å². The molecule has 3 N–H and O–H groups in total. The summed E-state index contributed by atoms with van der Waals surface area (Å²) < 4.78 is 7.19. The maximum absolute atomic E-state index is 12.5. The number of aromatic amines is 1. The molecular weight excluding hydrogens is 476 g/mol. The molecule has 0 bridgehead atoms. The number of carbonyl (C=O) groups is 1. The number of piperidine rings is 1. The molecule has 0 saturated carbocycles. The summed E-state index contributed by atoms with van der Waals surface area (Å²) in [6, 6.07) is 9.93. The van der Waals surface area contributed by atoms with Gasteiger partial charge in [0.1, 0.15) is 5.69 Å². The Kier molecular flexibility index (Phi) is 7.09. The van der Waals surface area contributed by atoms with Crippen LogP contribution < -0.4 is 10.6 Å². The first-order chi connectivity index (χ1) is 17.5. The quantitative estimate of drug-likeness (QED) is 0.317. The lowest BCUT2D eigenvalue weighted by molar-refractivity contribution is 0.0937. The minimum atomic E-state index is -0.128. The van der Waals surface area contributed by atoms with Gasteiger partial charge in [0.15, 0.2) is 0 Å². The van der Waals surface area contributed by atoms with Crippen LogP contribution in [0.25, 0.3) is 33.3 Å². The van der Waals surface area contributed by atoms with Crippen molar-refractivity contribution in [2.75, 3.05) is 33.4 Å². The average Bonchev–Trinajstić information content (AvgIpc) is 3.50. The minimum absolute atomic E-state index is 0.128. The Balaban J connectivity index is 1.63. The summed E-state index contributed by atoms with van der Waals surface area (Å²) >= 11 is 6.97. The van der Waals surface area contributed by atoms with E-state index in [4.69, 9.17) is 21.4 Å². The van der Waals surface area contributed by atoms with Gasteiger partial charge in [-0.2, -0.15) is 10.2 Å². The van der Waals surface area contributed by atoms with E-state index in [1.54, 1.807) is 7.11 Å². The number of ether oxygens (including phenoxy) is 1. The molecule has 2 aromatic carbocycles. The van der Waals surface area contributed by atoms with Gasteiger partial charge in [0.25, 0.3) is 5.91 Å². The van der Waals surface area contributed by atoms with E-state index >= 15 is 0 Å². The largest absolute Gasteiger partial charge is 0.383 e. The molecule has 2 aromatic heterocycles. The molecule has 0 radical (unpaired) electrons. The van der Waals surface area contributed by atoms with Gasteiger partial charge in [0.2, 0.25) is 0 Å². The fourth-order valence-electron chi connectivity index (χ4n) is 5.02. The Labute approximate surface area is 215 Å².